The molecule has 1 heterocycles. The second kappa shape index (κ2) is 11.7. The molecule has 11 heavy (non-hydrogen) atoms. The molecule has 0 aromatic rings. The Balaban J connectivity index is -0.0000000612. The molecule has 1 aliphatic heterocycles. The van der Waals surface area contributed by atoms with E-state index in [2.05, 4.69) is 25.6 Å². The molecule has 0 fully saturated rings. The molecule has 0 aromatic carbocycles. The van der Waals surface area contributed by atoms with E-state index in [9.17, 15) is 0 Å². The summed E-state index contributed by atoms with van der Waals surface area (Å²) in [6.45, 7) is 6.10. The first-order valence-corrected chi connectivity index (χ1v) is 2.41. The SMILES string of the molecule is CC1=C(C)N[CH-][CH-]1.[V].[V].[V].[V]. The smallest absolute Gasteiger partial charge is 0 e. The van der Waals surface area contributed by atoms with Gasteiger partial charge in [0.1, 0.15) is 0 Å². The Labute approximate surface area is 116 Å². The van der Waals surface area contributed by atoms with Crippen LogP contribution in [0.5, 0.6) is 0 Å². The largest absolute Gasteiger partial charge is 0.629 e. The van der Waals surface area contributed by atoms with Crippen LogP contribution in [0.3, 0.4) is 0 Å². The minimum absolute atomic E-state index is 0. The molecule has 5 heteroatoms. The van der Waals surface area contributed by atoms with E-state index in [0.717, 1.165) is 0 Å². The van der Waals surface area contributed by atoms with Gasteiger partial charge in [0.25, 0.3) is 0 Å². The summed E-state index contributed by atoms with van der Waals surface area (Å²) in [6.07, 6.45) is 2.06. The van der Waals surface area contributed by atoms with E-state index in [1.165, 1.54) is 11.3 Å². The zero-order valence-corrected chi connectivity index (χ0v) is 12.0. The van der Waals surface area contributed by atoms with Gasteiger partial charge in [-0.25, -0.2) is 5.57 Å². The monoisotopic (exact) mass is 299 g/mol. The molecule has 4 radical (unpaired) electrons. The molecule has 0 aromatic heterocycles. The van der Waals surface area contributed by atoms with Crippen molar-refractivity contribution in [2.45, 2.75) is 13.8 Å². The van der Waals surface area contributed by atoms with Crippen molar-refractivity contribution in [2.24, 2.45) is 0 Å². The molecule has 0 amide bonds. The fourth-order valence-corrected chi connectivity index (χ4v) is 0.531. The molecule has 1 aliphatic rings. The maximum Gasteiger partial charge on any atom is 0 e. The van der Waals surface area contributed by atoms with Crippen molar-refractivity contribution in [3.8, 4) is 0 Å². The first-order valence-electron chi connectivity index (χ1n) is 2.41. The summed E-state index contributed by atoms with van der Waals surface area (Å²) in [4.78, 5) is 0. The first-order chi connectivity index (χ1) is 3.30. The van der Waals surface area contributed by atoms with Crippen molar-refractivity contribution in [3.05, 3.63) is 24.2 Å². The number of rotatable bonds is 0. The fourth-order valence-electron chi connectivity index (χ4n) is 0.531. The van der Waals surface area contributed by atoms with Crippen molar-refractivity contribution in [1.29, 1.82) is 0 Å². The Kier molecular flexibility index (Phi) is 24.6. The van der Waals surface area contributed by atoms with Gasteiger partial charge in [-0.05, 0) is 0 Å². The molecule has 1 nitrogen and oxygen atoms in total. The Hall–Kier alpha value is 1.75. The molecule has 0 bridgehead atoms. The Morgan fingerprint density at radius 2 is 1.45 bits per heavy atom. The fraction of sp³-hybridized carbons (Fsp3) is 0.333. The number of hydrogen-bond donors (Lipinski definition) is 1. The Morgan fingerprint density at radius 3 is 1.55 bits per heavy atom. The van der Waals surface area contributed by atoms with Gasteiger partial charge in [-0.2, -0.15) is 5.70 Å². The van der Waals surface area contributed by atoms with E-state index >= 15 is 0 Å². The van der Waals surface area contributed by atoms with Gasteiger partial charge in [-0.15, -0.1) is 0 Å². The van der Waals surface area contributed by atoms with Crippen LogP contribution in [-0.4, -0.2) is 0 Å². The summed E-state index contributed by atoms with van der Waals surface area (Å²) in [5.74, 6) is 0. The topological polar surface area (TPSA) is 12.0 Å². The molecule has 0 aliphatic carbocycles. The minimum Gasteiger partial charge on any atom is -0.629 e. The van der Waals surface area contributed by atoms with Crippen molar-refractivity contribution in [2.75, 3.05) is 0 Å². The zero-order chi connectivity index (χ0) is 5.28. The molecule has 0 saturated heterocycles. The van der Waals surface area contributed by atoms with Crippen LogP contribution in [-0.2, 0) is 74.2 Å². The molecule has 0 saturated carbocycles. The molecule has 0 atom stereocenters. The third-order valence-corrected chi connectivity index (χ3v) is 1.22. The van der Waals surface area contributed by atoms with Crippen LogP contribution >= 0.6 is 0 Å². The van der Waals surface area contributed by atoms with E-state index in [1.807, 2.05) is 6.54 Å². The Bertz CT molecular complexity index is 101. The third-order valence-electron chi connectivity index (χ3n) is 1.22. The van der Waals surface area contributed by atoms with Crippen LogP contribution in [0.4, 0.5) is 0 Å². The van der Waals surface area contributed by atoms with Crippen molar-refractivity contribution >= 4 is 0 Å². The molecule has 60 valence electrons. The van der Waals surface area contributed by atoms with Gasteiger partial charge in [0, 0.05) is 74.2 Å². The second-order valence-electron chi connectivity index (χ2n) is 1.79. The van der Waals surface area contributed by atoms with Gasteiger partial charge in [0.15, 0.2) is 0 Å². The van der Waals surface area contributed by atoms with E-state index in [0.29, 0.717) is 0 Å². The van der Waals surface area contributed by atoms with Gasteiger partial charge in [-0.1, -0.05) is 13.8 Å². The third kappa shape index (κ3) is 8.09. The van der Waals surface area contributed by atoms with Crippen LogP contribution in [0.2, 0.25) is 0 Å². The predicted molar refractivity (Wildman–Crippen MR) is 30.1 cm³/mol. The quantitative estimate of drug-likeness (QED) is 0.664. The average molecular weight is 299 g/mol. The summed E-state index contributed by atoms with van der Waals surface area (Å²) in [7, 11) is 0. The average Bonchev–Trinajstić information content (AvgIpc) is 1.91. The maximum atomic E-state index is 3.07. The summed E-state index contributed by atoms with van der Waals surface area (Å²) in [5.41, 5.74) is 2.60. The van der Waals surface area contributed by atoms with E-state index in [1.54, 1.807) is 0 Å². The standard InChI is InChI=1S/C6H9N.4V/c1-5-3-4-7-6(5)2;;;;/h3-4,7H,1-2H3;;;;/q-2;;;;. The first kappa shape index (κ1) is 23.0. The predicted octanol–water partition coefficient (Wildman–Crippen LogP) is 1.24. The number of hydrogen-bond acceptors (Lipinski definition) is 1. The van der Waals surface area contributed by atoms with Crippen LogP contribution in [0.15, 0.2) is 11.3 Å². The summed E-state index contributed by atoms with van der Waals surface area (Å²) < 4.78 is 0. The summed E-state index contributed by atoms with van der Waals surface area (Å²) in [6, 6.07) is 0. The van der Waals surface area contributed by atoms with E-state index < -0.39 is 0 Å². The summed E-state index contributed by atoms with van der Waals surface area (Å²) >= 11 is 0. The molecule has 1 rings (SSSR count). The zero-order valence-electron chi connectivity index (χ0n) is 6.44. The van der Waals surface area contributed by atoms with Crippen molar-refractivity contribution in [1.82, 2.24) is 5.32 Å². The van der Waals surface area contributed by atoms with Gasteiger partial charge < -0.3 is 18.3 Å². The van der Waals surface area contributed by atoms with Crippen molar-refractivity contribution < 1.29 is 74.2 Å². The number of nitrogens with one attached hydrogen (secondary N) is 1. The normalized spacial score (nSPS) is 12.2. The van der Waals surface area contributed by atoms with Crippen LogP contribution in [0.1, 0.15) is 13.8 Å². The van der Waals surface area contributed by atoms with Crippen LogP contribution < -0.4 is 5.32 Å². The van der Waals surface area contributed by atoms with Crippen LogP contribution in [0, 0.1) is 13.0 Å². The molecular weight excluding hydrogens is 290 g/mol. The number of allylic oxidation sites excluding steroid dienone is 1. The van der Waals surface area contributed by atoms with Gasteiger partial charge >= 0.3 is 0 Å². The molecule has 1 N–H and O–H groups in total. The van der Waals surface area contributed by atoms with E-state index in [4.69, 9.17) is 0 Å². The van der Waals surface area contributed by atoms with Crippen LogP contribution in [0.25, 0.3) is 0 Å². The van der Waals surface area contributed by atoms with E-state index in [-0.39, 0.29) is 74.2 Å². The maximum absolute atomic E-state index is 3.07. The van der Waals surface area contributed by atoms with Gasteiger partial charge in [-0.3, -0.25) is 0 Å². The second-order valence-corrected chi connectivity index (χ2v) is 1.79. The Morgan fingerprint density at radius 1 is 1.00 bits per heavy atom. The van der Waals surface area contributed by atoms with Crippen molar-refractivity contribution in [3.63, 3.8) is 0 Å². The molecule has 0 unspecified atom stereocenters. The van der Waals surface area contributed by atoms with Gasteiger partial charge in [0.2, 0.25) is 0 Å². The molecular formula is C6H9NV4-2. The molecule has 0 spiro atoms. The van der Waals surface area contributed by atoms with Gasteiger partial charge in [0.05, 0.1) is 0 Å². The summed E-state index contributed by atoms with van der Waals surface area (Å²) in [5, 5.41) is 3.07. The minimum atomic E-state index is 0.